The standard InChI is InChI=1S/C18H32N2/c1-7-16(6)20(8-2)18-10-9-15(5)11-17(18)13-19-12-14(3)4/h9-11,14,16,19H,7-8,12-13H2,1-6H3. The molecule has 114 valence electrons. The second kappa shape index (κ2) is 8.31. The van der Waals surface area contributed by atoms with Crippen LogP contribution in [0, 0.1) is 12.8 Å². The molecule has 0 aliphatic rings. The summed E-state index contributed by atoms with van der Waals surface area (Å²) in [7, 11) is 0. The molecule has 0 aromatic heterocycles. The quantitative estimate of drug-likeness (QED) is 0.758. The predicted molar refractivity (Wildman–Crippen MR) is 90.5 cm³/mol. The maximum atomic E-state index is 3.58. The molecule has 0 aliphatic carbocycles. The number of rotatable bonds is 8. The molecule has 1 unspecified atom stereocenters. The van der Waals surface area contributed by atoms with Crippen LogP contribution >= 0.6 is 0 Å². The van der Waals surface area contributed by atoms with Crippen molar-refractivity contribution in [2.45, 2.75) is 60.5 Å². The van der Waals surface area contributed by atoms with E-state index < -0.39 is 0 Å². The minimum absolute atomic E-state index is 0.589. The van der Waals surface area contributed by atoms with Crippen LogP contribution in [0.5, 0.6) is 0 Å². The molecule has 1 aromatic carbocycles. The SMILES string of the molecule is CCC(C)N(CC)c1ccc(C)cc1CNCC(C)C. The van der Waals surface area contributed by atoms with Crippen molar-refractivity contribution in [3.05, 3.63) is 29.3 Å². The van der Waals surface area contributed by atoms with E-state index in [0.29, 0.717) is 12.0 Å². The summed E-state index contributed by atoms with van der Waals surface area (Å²) in [5.74, 6) is 0.695. The van der Waals surface area contributed by atoms with Crippen molar-refractivity contribution in [3.63, 3.8) is 0 Å². The second-order valence-corrected chi connectivity index (χ2v) is 6.20. The lowest BCUT2D eigenvalue weighted by atomic mass is 10.1. The molecule has 1 aromatic rings. The molecule has 1 rings (SSSR count). The number of benzene rings is 1. The second-order valence-electron chi connectivity index (χ2n) is 6.20. The molecular weight excluding hydrogens is 244 g/mol. The number of hydrogen-bond donors (Lipinski definition) is 1. The molecule has 1 N–H and O–H groups in total. The molecule has 0 saturated carbocycles. The minimum Gasteiger partial charge on any atom is -0.369 e. The molecule has 0 bridgehead atoms. The van der Waals surface area contributed by atoms with Crippen molar-refractivity contribution >= 4 is 5.69 Å². The Morgan fingerprint density at radius 3 is 2.40 bits per heavy atom. The lowest BCUT2D eigenvalue weighted by molar-refractivity contribution is 0.550. The third kappa shape index (κ3) is 4.82. The first-order chi connectivity index (χ1) is 9.49. The van der Waals surface area contributed by atoms with E-state index in [1.54, 1.807) is 0 Å². The average Bonchev–Trinajstić information content (AvgIpc) is 2.41. The predicted octanol–water partition coefficient (Wildman–Crippen LogP) is 4.37. The van der Waals surface area contributed by atoms with E-state index in [1.165, 1.54) is 23.2 Å². The Morgan fingerprint density at radius 2 is 1.85 bits per heavy atom. The van der Waals surface area contributed by atoms with Crippen LogP contribution < -0.4 is 10.2 Å². The van der Waals surface area contributed by atoms with Crippen LogP contribution in [0.25, 0.3) is 0 Å². The molecule has 0 fully saturated rings. The fourth-order valence-electron chi connectivity index (χ4n) is 2.57. The van der Waals surface area contributed by atoms with Crippen molar-refractivity contribution in [1.82, 2.24) is 5.32 Å². The zero-order chi connectivity index (χ0) is 15.1. The summed E-state index contributed by atoms with van der Waals surface area (Å²) >= 11 is 0. The Bertz CT molecular complexity index is 398. The Morgan fingerprint density at radius 1 is 1.15 bits per heavy atom. The molecular formula is C18H32N2. The first-order valence-electron chi connectivity index (χ1n) is 8.06. The molecule has 0 radical (unpaired) electrons. The Labute approximate surface area is 125 Å². The summed E-state index contributed by atoms with van der Waals surface area (Å²) in [5, 5.41) is 3.58. The van der Waals surface area contributed by atoms with E-state index in [2.05, 4.69) is 70.0 Å². The average molecular weight is 276 g/mol. The molecule has 0 saturated heterocycles. The number of aryl methyl sites for hydroxylation is 1. The zero-order valence-corrected chi connectivity index (χ0v) is 14.2. The van der Waals surface area contributed by atoms with Gasteiger partial charge in [0.2, 0.25) is 0 Å². The number of anilines is 1. The first kappa shape index (κ1) is 17.0. The van der Waals surface area contributed by atoms with Crippen molar-refractivity contribution in [2.24, 2.45) is 5.92 Å². The third-order valence-electron chi connectivity index (χ3n) is 3.88. The normalized spacial score (nSPS) is 12.8. The van der Waals surface area contributed by atoms with Gasteiger partial charge in [0.05, 0.1) is 0 Å². The summed E-state index contributed by atoms with van der Waals surface area (Å²) in [6, 6.07) is 7.43. The van der Waals surface area contributed by atoms with Crippen LogP contribution in [0.4, 0.5) is 5.69 Å². The number of nitrogens with one attached hydrogen (secondary N) is 1. The van der Waals surface area contributed by atoms with Crippen LogP contribution in [0.3, 0.4) is 0 Å². The van der Waals surface area contributed by atoms with Gasteiger partial charge < -0.3 is 10.2 Å². The summed E-state index contributed by atoms with van der Waals surface area (Å²) in [5.41, 5.74) is 4.16. The highest BCUT2D eigenvalue weighted by Gasteiger charge is 2.14. The maximum Gasteiger partial charge on any atom is 0.0414 e. The van der Waals surface area contributed by atoms with Crippen molar-refractivity contribution in [3.8, 4) is 0 Å². The van der Waals surface area contributed by atoms with Gasteiger partial charge in [0.25, 0.3) is 0 Å². The topological polar surface area (TPSA) is 15.3 Å². The minimum atomic E-state index is 0.589. The molecule has 1 atom stereocenters. The Kier molecular flexibility index (Phi) is 7.08. The van der Waals surface area contributed by atoms with Gasteiger partial charge in [-0.15, -0.1) is 0 Å². The highest BCUT2D eigenvalue weighted by atomic mass is 15.2. The summed E-state index contributed by atoms with van der Waals surface area (Å²) in [6.07, 6.45) is 1.18. The van der Waals surface area contributed by atoms with E-state index in [0.717, 1.165) is 19.6 Å². The van der Waals surface area contributed by atoms with Crippen LogP contribution in [-0.4, -0.2) is 19.1 Å². The first-order valence-corrected chi connectivity index (χ1v) is 8.06. The molecule has 0 heterocycles. The van der Waals surface area contributed by atoms with Gasteiger partial charge >= 0.3 is 0 Å². The highest BCUT2D eigenvalue weighted by Crippen LogP contribution is 2.24. The molecule has 0 spiro atoms. The van der Waals surface area contributed by atoms with Crippen molar-refractivity contribution in [1.29, 1.82) is 0 Å². The number of nitrogens with zero attached hydrogens (tertiary/aromatic N) is 1. The zero-order valence-electron chi connectivity index (χ0n) is 14.2. The fraction of sp³-hybridized carbons (Fsp3) is 0.667. The van der Waals surface area contributed by atoms with Gasteiger partial charge in [0.15, 0.2) is 0 Å². The lowest BCUT2D eigenvalue weighted by Gasteiger charge is -2.32. The monoisotopic (exact) mass is 276 g/mol. The van der Waals surface area contributed by atoms with Crippen LogP contribution in [0.15, 0.2) is 18.2 Å². The molecule has 0 amide bonds. The number of hydrogen-bond acceptors (Lipinski definition) is 2. The van der Waals surface area contributed by atoms with Gasteiger partial charge in [-0.05, 0) is 51.3 Å². The van der Waals surface area contributed by atoms with E-state index in [-0.39, 0.29) is 0 Å². The lowest BCUT2D eigenvalue weighted by Crippen LogP contribution is -2.33. The van der Waals surface area contributed by atoms with Crippen LogP contribution in [-0.2, 0) is 6.54 Å². The van der Waals surface area contributed by atoms with E-state index in [1.807, 2.05) is 0 Å². The van der Waals surface area contributed by atoms with Gasteiger partial charge in [-0.25, -0.2) is 0 Å². The summed E-state index contributed by atoms with van der Waals surface area (Å²) in [4.78, 5) is 2.52. The molecule has 2 nitrogen and oxygen atoms in total. The third-order valence-corrected chi connectivity index (χ3v) is 3.88. The van der Waals surface area contributed by atoms with Gasteiger partial charge in [-0.1, -0.05) is 38.5 Å². The maximum absolute atomic E-state index is 3.58. The van der Waals surface area contributed by atoms with Crippen LogP contribution in [0.1, 0.15) is 52.2 Å². The van der Waals surface area contributed by atoms with Crippen molar-refractivity contribution < 1.29 is 0 Å². The van der Waals surface area contributed by atoms with E-state index >= 15 is 0 Å². The fourth-order valence-corrected chi connectivity index (χ4v) is 2.57. The van der Waals surface area contributed by atoms with Gasteiger partial charge in [-0.3, -0.25) is 0 Å². The van der Waals surface area contributed by atoms with Gasteiger partial charge in [0, 0.05) is 24.8 Å². The van der Waals surface area contributed by atoms with Gasteiger partial charge in [-0.2, -0.15) is 0 Å². The molecule has 2 heteroatoms. The smallest absolute Gasteiger partial charge is 0.0414 e. The largest absolute Gasteiger partial charge is 0.369 e. The van der Waals surface area contributed by atoms with Gasteiger partial charge in [0.1, 0.15) is 0 Å². The summed E-state index contributed by atoms with van der Waals surface area (Å²) < 4.78 is 0. The summed E-state index contributed by atoms with van der Waals surface area (Å²) in [6.45, 7) is 16.6. The Hall–Kier alpha value is -1.02. The highest BCUT2D eigenvalue weighted by molar-refractivity contribution is 5.55. The van der Waals surface area contributed by atoms with Crippen LogP contribution in [0.2, 0.25) is 0 Å². The van der Waals surface area contributed by atoms with E-state index in [9.17, 15) is 0 Å². The van der Waals surface area contributed by atoms with Crippen molar-refractivity contribution in [2.75, 3.05) is 18.0 Å². The molecule has 20 heavy (non-hydrogen) atoms. The molecule has 0 aliphatic heterocycles. The van der Waals surface area contributed by atoms with E-state index in [4.69, 9.17) is 0 Å². The Balaban J connectivity index is 2.93.